The number of carbonyl (C=O) groups excluding carboxylic acids is 2. The molecule has 0 aliphatic heterocycles. The maximum Gasteiger partial charge on any atom is 0.331 e. The van der Waals surface area contributed by atoms with E-state index in [9.17, 15) is 18.0 Å². The van der Waals surface area contributed by atoms with Crippen molar-refractivity contribution in [3.8, 4) is 11.5 Å². The van der Waals surface area contributed by atoms with Crippen LogP contribution in [0.15, 0.2) is 47.4 Å². The largest absolute Gasteiger partial charge is 0.490 e. The Kier molecular flexibility index (Phi) is 10.1. The number of primary sulfonamides is 1. The van der Waals surface area contributed by atoms with Crippen LogP contribution in [0.3, 0.4) is 0 Å². The molecule has 1 amide bonds. The highest BCUT2D eigenvalue weighted by Gasteiger charge is 2.14. The summed E-state index contributed by atoms with van der Waals surface area (Å²) in [6.07, 6.45) is 4.69. The minimum Gasteiger partial charge on any atom is -0.490 e. The van der Waals surface area contributed by atoms with Crippen molar-refractivity contribution in [2.24, 2.45) is 5.14 Å². The first-order valence-corrected chi connectivity index (χ1v) is 12.4. The summed E-state index contributed by atoms with van der Waals surface area (Å²) < 4.78 is 39.5. The third kappa shape index (κ3) is 8.53. The smallest absolute Gasteiger partial charge is 0.331 e. The average molecular weight is 491 g/mol. The lowest BCUT2D eigenvalue weighted by atomic mass is 10.2. The summed E-state index contributed by atoms with van der Waals surface area (Å²) in [4.78, 5) is 24.0. The highest BCUT2D eigenvalue weighted by molar-refractivity contribution is 7.89. The Hall–Kier alpha value is -3.37. The van der Waals surface area contributed by atoms with Gasteiger partial charge in [0.1, 0.15) is 0 Å². The lowest BCUT2D eigenvalue weighted by Crippen LogP contribution is -2.21. The van der Waals surface area contributed by atoms with Gasteiger partial charge in [-0.25, -0.2) is 18.4 Å². The van der Waals surface area contributed by atoms with E-state index in [1.165, 1.54) is 30.4 Å². The summed E-state index contributed by atoms with van der Waals surface area (Å²) in [6.45, 7) is 6.05. The Morgan fingerprint density at radius 1 is 1.06 bits per heavy atom. The molecule has 10 heteroatoms. The standard InChI is InChI=1S/C24H30N2O7S/c1-4-6-13-32-20-11-8-18(14-21(20)31-5-2)9-12-24(28)33-16-23(27)26-19-10-7-17(3)22(15-19)34(25,29)30/h7-12,14-15H,4-6,13,16H2,1-3H3,(H,26,27)(H2,25,29,30)/b12-9+. The molecule has 0 spiro atoms. The van der Waals surface area contributed by atoms with E-state index < -0.39 is 28.5 Å². The topological polar surface area (TPSA) is 134 Å². The van der Waals surface area contributed by atoms with Crippen LogP contribution in [0, 0.1) is 6.92 Å². The first-order valence-electron chi connectivity index (χ1n) is 10.8. The number of nitrogens with two attached hydrogens (primary N) is 1. The zero-order chi connectivity index (χ0) is 25.1. The molecular weight excluding hydrogens is 460 g/mol. The second-order valence-electron chi connectivity index (χ2n) is 7.36. The first kappa shape index (κ1) is 26.9. The Labute approximate surface area is 199 Å². The Morgan fingerprint density at radius 3 is 2.50 bits per heavy atom. The van der Waals surface area contributed by atoms with Crippen molar-refractivity contribution in [3.05, 3.63) is 53.6 Å². The van der Waals surface area contributed by atoms with E-state index in [0.717, 1.165) is 12.8 Å². The first-order chi connectivity index (χ1) is 16.1. The number of rotatable bonds is 12. The van der Waals surface area contributed by atoms with Gasteiger partial charge in [-0.15, -0.1) is 0 Å². The third-order valence-corrected chi connectivity index (χ3v) is 5.61. The minimum atomic E-state index is -3.93. The van der Waals surface area contributed by atoms with Crippen LogP contribution < -0.4 is 19.9 Å². The van der Waals surface area contributed by atoms with Gasteiger partial charge in [-0.2, -0.15) is 0 Å². The van der Waals surface area contributed by atoms with Crippen molar-refractivity contribution in [2.45, 2.75) is 38.5 Å². The third-order valence-electron chi connectivity index (χ3n) is 4.56. The van der Waals surface area contributed by atoms with Crippen molar-refractivity contribution >= 4 is 33.7 Å². The van der Waals surface area contributed by atoms with Gasteiger partial charge in [0.15, 0.2) is 18.1 Å². The monoisotopic (exact) mass is 490 g/mol. The molecule has 0 fully saturated rings. The van der Waals surface area contributed by atoms with Crippen molar-refractivity contribution < 1.29 is 32.2 Å². The normalized spacial score (nSPS) is 11.3. The molecule has 0 radical (unpaired) electrons. The minimum absolute atomic E-state index is 0.0987. The van der Waals surface area contributed by atoms with Crippen molar-refractivity contribution in [1.82, 2.24) is 0 Å². The lowest BCUT2D eigenvalue weighted by molar-refractivity contribution is -0.142. The van der Waals surface area contributed by atoms with Crippen LogP contribution in [-0.2, 0) is 24.3 Å². The van der Waals surface area contributed by atoms with E-state index in [1.807, 2.05) is 6.92 Å². The molecule has 184 valence electrons. The van der Waals surface area contributed by atoms with Gasteiger partial charge in [0, 0.05) is 11.8 Å². The Balaban J connectivity index is 1.94. The maximum atomic E-state index is 12.1. The number of benzene rings is 2. The van der Waals surface area contributed by atoms with Gasteiger partial charge < -0.3 is 19.5 Å². The van der Waals surface area contributed by atoms with Crippen LogP contribution >= 0.6 is 0 Å². The van der Waals surface area contributed by atoms with Crippen molar-refractivity contribution in [2.75, 3.05) is 25.1 Å². The molecule has 3 N–H and O–H groups in total. The molecular formula is C24H30N2O7S. The van der Waals surface area contributed by atoms with Gasteiger partial charge in [-0.1, -0.05) is 25.5 Å². The summed E-state index contributed by atoms with van der Waals surface area (Å²) in [6, 6.07) is 9.59. The SMILES string of the molecule is CCCCOc1ccc(/C=C/C(=O)OCC(=O)Nc2ccc(C)c(S(N)(=O)=O)c2)cc1OCC. The molecule has 2 rings (SSSR count). The molecule has 9 nitrogen and oxygen atoms in total. The number of esters is 1. The summed E-state index contributed by atoms with van der Waals surface area (Å²) in [7, 11) is -3.93. The van der Waals surface area contributed by atoms with E-state index in [1.54, 1.807) is 25.1 Å². The molecule has 0 heterocycles. The zero-order valence-corrected chi connectivity index (χ0v) is 20.3. The number of sulfonamides is 1. The van der Waals surface area contributed by atoms with E-state index in [0.29, 0.717) is 35.8 Å². The van der Waals surface area contributed by atoms with Crippen molar-refractivity contribution in [1.29, 1.82) is 0 Å². The van der Waals surface area contributed by atoms with Gasteiger partial charge in [0.05, 0.1) is 18.1 Å². The number of nitrogens with one attached hydrogen (secondary N) is 1. The zero-order valence-electron chi connectivity index (χ0n) is 19.5. The molecule has 2 aromatic rings. The molecule has 0 saturated heterocycles. The Morgan fingerprint density at radius 2 is 1.82 bits per heavy atom. The van der Waals surface area contributed by atoms with Crippen molar-refractivity contribution in [3.63, 3.8) is 0 Å². The maximum absolute atomic E-state index is 12.1. The van der Waals surface area contributed by atoms with Gasteiger partial charge in [-0.3, -0.25) is 4.79 Å². The highest BCUT2D eigenvalue weighted by atomic mass is 32.2. The summed E-state index contributed by atoms with van der Waals surface area (Å²) >= 11 is 0. The molecule has 0 aliphatic rings. The molecule has 0 bridgehead atoms. The highest BCUT2D eigenvalue weighted by Crippen LogP contribution is 2.29. The fourth-order valence-corrected chi connectivity index (χ4v) is 3.68. The second kappa shape index (κ2) is 12.8. The number of anilines is 1. The Bertz CT molecular complexity index is 1140. The number of ether oxygens (including phenoxy) is 3. The average Bonchev–Trinajstić information content (AvgIpc) is 2.78. The summed E-state index contributed by atoms with van der Waals surface area (Å²) in [5, 5.41) is 7.64. The number of hydrogen-bond donors (Lipinski definition) is 2. The molecule has 0 unspecified atom stereocenters. The number of amides is 1. The molecule has 0 aliphatic carbocycles. The van der Waals surface area contributed by atoms with Crippen LogP contribution in [0.5, 0.6) is 11.5 Å². The molecule has 34 heavy (non-hydrogen) atoms. The molecule has 0 saturated carbocycles. The van der Waals surface area contributed by atoms with E-state index in [-0.39, 0.29) is 10.6 Å². The van der Waals surface area contributed by atoms with E-state index >= 15 is 0 Å². The number of unbranched alkanes of at least 4 members (excludes halogenated alkanes) is 1. The second-order valence-corrected chi connectivity index (χ2v) is 8.89. The quantitative estimate of drug-likeness (QED) is 0.264. The molecule has 0 aromatic heterocycles. The van der Waals surface area contributed by atoms with Crippen LogP contribution in [0.1, 0.15) is 37.8 Å². The van der Waals surface area contributed by atoms with Crippen LogP contribution in [0.25, 0.3) is 6.08 Å². The van der Waals surface area contributed by atoms with Crippen LogP contribution in [0.4, 0.5) is 5.69 Å². The summed E-state index contributed by atoms with van der Waals surface area (Å²) in [5.41, 5.74) is 1.36. The van der Waals surface area contributed by atoms with E-state index in [4.69, 9.17) is 19.3 Å². The van der Waals surface area contributed by atoms with Gasteiger partial charge >= 0.3 is 5.97 Å². The number of aryl methyl sites for hydroxylation is 1. The fraction of sp³-hybridized carbons (Fsp3) is 0.333. The molecule has 0 atom stereocenters. The van der Waals surface area contributed by atoms with Crippen LogP contribution in [-0.4, -0.2) is 40.1 Å². The number of carbonyl (C=O) groups is 2. The fourth-order valence-electron chi connectivity index (χ4n) is 2.87. The summed E-state index contributed by atoms with van der Waals surface area (Å²) in [5.74, 6) is -0.137. The van der Waals surface area contributed by atoms with E-state index in [2.05, 4.69) is 12.2 Å². The number of hydrogen-bond acceptors (Lipinski definition) is 7. The predicted octanol–water partition coefficient (Wildman–Crippen LogP) is 3.42. The van der Waals surface area contributed by atoms with Gasteiger partial charge in [0.2, 0.25) is 10.0 Å². The van der Waals surface area contributed by atoms with Gasteiger partial charge in [0.25, 0.3) is 5.91 Å². The van der Waals surface area contributed by atoms with Crippen LogP contribution in [0.2, 0.25) is 0 Å². The van der Waals surface area contributed by atoms with Gasteiger partial charge in [-0.05, 0) is 61.7 Å². The lowest BCUT2D eigenvalue weighted by Gasteiger charge is -2.12. The molecule has 2 aromatic carbocycles. The predicted molar refractivity (Wildman–Crippen MR) is 129 cm³/mol.